The molecule has 4 heteroatoms. The molecular weight excluding hydrogens is 261 g/mol. The number of rotatable bonds is 3. The Labute approximate surface area is 96.9 Å². The van der Waals surface area contributed by atoms with Crippen molar-refractivity contribution in [3.63, 3.8) is 0 Å². The van der Waals surface area contributed by atoms with Gasteiger partial charge in [0.05, 0.1) is 0 Å². The van der Waals surface area contributed by atoms with Crippen LogP contribution in [-0.4, -0.2) is 19.2 Å². The summed E-state index contributed by atoms with van der Waals surface area (Å²) >= 11 is 3.23. The average molecular weight is 274 g/mol. The zero-order valence-corrected chi connectivity index (χ0v) is 9.89. The number of benzene rings is 1. The molecular formula is C11H13BrFNO. The number of ether oxygens (including phenoxy) is 1. The van der Waals surface area contributed by atoms with Gasteiger partial charge in [0.25, 0.3) is 0 Å². The monoisotopic (exact) mass is 273 g/mol. The van der Waals surface area contributed by atoms with Crippen LogP contribution in [0.15, 0.2) is 22.7 Å². The smallest absolute Gasteiger partial charge is 0.128 e. The molecule has 0 saturated carbocycles. The molecule has 1 saturated heterocycles. The normalized spacial score (nSPS) is 20.5. The molecule has 2 rings (SSSR count). The maximum absolute atomic E-state index is 13.0. The van der Waals surface area contributed by atoms with Crippen LogP contribution in [0.2, 0.25) is 0 Å². The van der Waals surface area contributed by atoms with Crippen molar-refractivity contribution in [1.29, 1.82) is 0 Å². The van der Waals surface area contributed by atoms with E-state index in [4.69, 9.17) is 4.74 Å². The number of hydrogen-bond donors (Lipinski definition) is 1. The Bertz CT molecular complexity index is 319. The molecule has 0 aromatic heterocycles. The first-order valence-corrected chi connectivity index (χ1v) is 5.85. The third-order valence-electron chi connectivity index (χ3n) is 2.45. The first-order valence-electron chi connectivity index (χ1n) is 5.06. The van der Waals surface area contributed by atoms with Gasteiger partial charge >= 0.3 is 0 Å². The summed E-state index contributed by atoms with van der Waals surface area (Å²) in [5.41, 5.74) is 0. The van der Waals surface area contributed by atoms with E-state index in [9.17, 15) is 4.39 Å². The number of nitrogens with one attached hydrogen (secondary N) is 1. The van der Waals surface area contributed by atoms with Gasteiger partial charge in [0.15, 0.2) is 0 Å². The topological polar surface area (TPSA) is 21.3 Å². The van der Waals surface area contributed by atoms with Crippen LogP contribution in [0.1, 0.15) is 12.8 Å². The first-order chi connectivity index (χ1) is 7.24. The van der Waals surface area contributed by atoms with Crippen molar-refractivity contribution in [2.45, 2.75) is 18.9 Å². The van der Waals surface area contributed by atoms with E-state index in [1.54, 1.807) is 6.07 Å². The van der Waals surface area contributed by atoms with Crippen molar-refractivity contribution in [2.75, 3.05) is 13.2 Å². The third-order valence-corrected chi connectivity index (χ3v) is 2.91. The van der Waals surface area contributed by atoms with Crippen LogP contribution in [0.5, 0.6) is 5.75 Å². The van der Waals surface area contributed by atoms with Crippen LogP contribution in [0.25, 0.3) is 0 Å². The van der Waals surface area contributed by atoms with Crippen molar-refractivity contribution in [3.8, 4) is 5.75 Å². The van der Waals surface area contributed by atoms with Gasteiger partial charge in [0.2, 0.25) is 0 Å². The lowest BCUT2D eigenvalue weighted by Gasteiger charge is -2.12. The molecule has 0 amide bonds. The highest BCUT2D eigenvalue weighted by atomic mass is 79.9. The van der Waals surface area contributed by atoms with Gasteiger partial charge in [-0.15, -0.1) is 0 Å². The molecule has 1 N–H and O–H groups in total. The molecule has 1 unspecified atom stereocenters. The van der Waals surface area contributed by atoms with Crippen LogP contribution in [0.4, 0.5) is 4.39 Å². The van der Waals surface area contributed by atoms with Gasteiger partial charge in [-0.2, -0.15) is 0 Å². The van der Waals surface area contributed by atoms with Crippen molar-refractivity contribution in [1.82, 2.24) is 5.32 Å². The predicted molar refractivity (Wildman–Crippen MR) is 60.6 cm³/mol. The lowest BCUT2D eigenvalue weighted by molar-refractivity contribution is 0.276. The SMILES string of the molecule is Fc1cc(Br)cc(OCC2CCCN2)c1. The van der Waals surface area contributed by atoms with Gasteiger partial charge in [0.1, 0.15) is 18.2 Å². The van der Waals surface area contributed by atoms with Crippen molar-refractivity contribution in [3.05, 3.63) is 28.5 Å². The molecule has 1 aliphatic rings. The molecule has 0 bridgehead atoms. The Morgan fingerprint density at radius 3 is 3.00 bits per heavy atom. The summed E-state index contributed by atoms with van der Waals surface area (Å²) in [7, 11) is 0. The molecule has 1 fully saturated rings. The number of halogens is 2. The highest BCUT2D eigenvalue weighted by Crippen LogP contribution is 2.21. The minimum absolute atomic E-state index is 0.279. The zero-order chi connectivity index (χ0) is 10.7. The van der Waals surface area contributed by atoms with Gasteiger partial charge in [-0.05, 0) is 31.5 Å². The Hall–Kier alpha value is -0.610. The lowest BCUT2D eigenvalue weighted by Crippen LogP contribution is -2.28. The van der Waals surface area contributed by atoms with E-state index in [1.165, 1.54) is 18.6 Å². The summed E-state index contributed by atoms with van der Waals surface area (Å²) in [6.45, 7) is 1.66. The van der Waals surface area contributed by atoms with E-state index < -0.39 is 0 Å². The molecule has 0 spiro atoms. The molecule has 15 heavy (non-hydrogen) atoms. The quantitative estimate of drug-likeness (QED) is 0.915. The van der Waals surface area contributed by atoms with Crippen molar-refractivity contribution in [2.24, 2.45) is 0 Å². The number of hydrogen-bond acceptors (Lipinski definition) is 2. The summed E-state index contributed by atoms with van der Waals surface area (Å²) in [5.74, 6) is 0.300. The third kappa shape index (κ3) is 3.18. The van der Waals surface area contributed by atoms with Crippen LogP contribution in [-0.2, 0) is 0 Å². The second-order valence-electron chi connectivity index (χ2n) is 3.71. The van der Waals surface area contributed by atoms with E-state index >= 15 is 0 Å². The van der Waals surface area contributed by atoms with E-state index in [2.05, 4.69) is 21.2 Å². The fourth-order valence-electron chi connectivity index (χ4n) is 1.71. The second kappa shape index (κ2) is 4.94. The van der Waals surface area contributed by atoms with Crippen molar-refractivity contribution >= 4 is 15.9 Å². The van der Waals surface area contributed by atoms with Crippen LogP contribution >= 0.6 is 15.9 Å². The fourth-order valence-corrected chi connectivity index (χ4v) is 2.15. The van der Waals surface area contributed by atoms with Crippen LogP contribution in [0, 0.1) is 5.82 Å². The molecule has 1 aromatic carbocycles. The Kier molecular flexibility index (Phi) is 3.59. The van der Waals surface area contributed by atoms with E-state index in [0.717, 1.165) is 13.0 Å². The zero-order valence-electron chi connectivity index (χ0n) is 8.30. The molecule has 1 heterocycles. The maximum atomic E-state index is 13.0. The minimum Gasteiger partial charge on any atom is -0.492 e. The highest BCUT2D eigenvalue weighted by Gasteiger charge is 2.14. The van der Waals surface area contributed by atoms with Gasteiger partial charge < -0.3 is 10.1 Å². The molecule has 0 radical (unpaired) electrons. The molecule has 1 aromatic rings. The summed E-state index contributed by atoms with van der Waals surface area (Å²) in [6, 6.07) is 5.00. The van der Waals surface area contributed by atoms with E-state index in [-0.39, 0.29) is 5.82 Å². The van der Waals surface area contributed by atoms with Crippen molar-refractivity contribution < 1.29 is 9.13 Å². The standard InChI is InChI=1S/C11H13BrFNO/c12-8-4-9(13)6-11(5-8)15-7-10-2-1-3-14-10/h4-6,10,14H,1-3,7H2. The van der Waals surface area contributed by atoms with Gasteiger partial charge in [0, 0.05) is 16.6 Å². The van der Waals surface area contributed by atoms with Gasteiger partial charge in [-0.3, -0.25) is 0 Å². The molecule has 1 aliphatic heterocycles. The van der Waals surface area contributed by atoms with Crippen LogP contribution < -0.4 is 10.1 Å². The summed E-state index contributed by atoms with van der Waals surface area (Å²) in [6.07, 6.45) is 2.33. The molecule has 2 nitrogen and oxygen atoms in total. The Morgan fingerprint density at radius 2 is 2.33 bits per heavy atom. The molecule has 1 atom stereocenters. The largest absolute Gasteiger partial charge is 0.492 e. The lowest BCUT2D eigenvalue weighted by atomic mass is 10.2. The van der Waals surface area contributed by atoms with Gasteiger partial charge in [-0.1, -0.05) is 15.9 Å². The fraction of sp³-hybridized carbons (Fsp3) is 0.455. The minimum atomic E-state index is -0.279. The summed E-state index contributed by atoms with van der Waals surface area (Å²) in [5, 5.41) is 3.33. The summed E-state index contributed by atoms with van der Waals surface area (Å²) < 4.78 is 19.2. The second-order valence-corrected chi connectivity index (χ2v) is 4.63. The molecule has 82 valence electrons. The Balaban J connectivity index is 1.92. The first kappa shape index (κ1) is 10.9. The van der Waals surface area contributed by atoms with E-state index in [0.29, 0.717) is 22.9 Å². The van der Waals surface area contributed by atoms with E-state index in [1.807, 2.05) is 0 Å². The van der Waals surface area contributed by atoms with Gasteiger partial charge in [-0.25, -0.2) is 4.39 Å². The predicted octanol–water partition coefficient (Wildman–Crippen LogP) is 2.72. The summed E-state index contributed by atoms with van der Waals surface area (Å²) in [4.78, 5) is 0. The Morgan fingerprint density at radius 1 is 1.47 bits per heavy atom. The average Bonchev–Trinajstić information content (AvgIpc) is 2.65. The highest BCUT2D eigenvalue weighted by molar-refractivity contribution is 9.10. The maximum Gasteiger partial charge on any atom is 0.128 e. The van der Waals surface area contributed by atoms with Crippen LogP contribution in [0.3, 0.4) is 0 Å². The molecule has 0 aliphatic carbocycles.